The number of phenols is 6. The summed E-state index contributed by atoms with van der Waals surface area (Å²) >= 11 is 0. The van der Waals surface area contributed by atoms with E-state index in [1.807, 2.05) is 12.1 Å². The van der Waals surface area contributed by atoms with Gasteiger partial charge in [-0.2, -0.15) is 0 Å². The molecule has 690 valence electrons. The molecular formula is C120H154N4O6. The Balaban J connectivity index is 0.843. The van der Waals surface area contributed by atoms with Crippen LogP contribution in [-0.4, -0.2) is 81.7 Å². The van der Waals surface area contributed by atoms with Crippen molar-refractivity contribution in [2.75, 3.05) is 26.2 Å². The Morgan fingerprint density at radius 3 is 0.608 bits per heavy atom. The van der Waals surface area contributed by atoms with E-state index in [1.165, 1.54) is 213 Å². The Morgan fingerprint density at radius 1 is 0.208 bits per heavy atom. The van der Waals surface area contributed by atoms with E-state index in [2.05, 4.69) is 189 Å². The van der Waals surface area contributed by atoms with E-state index in [1.54, 1.807) is 37.0 Å². The molecule has 10 heteroatoms. The molecule has 0 amide bonds. The van der Waals surface area contributed by atoms with Crippen molar-refractivity contribution in [3.05, 3.63) is 213 Å². The minimum Gasteiger partial charge on any atom is -0.507 e. The van der Waals surface area contributed by atoms with Crippen LogP contribution in [0.15, 0.2) is 178 Å². The SMILES string of the molecule is CCCCCCCCc1ccc2c(-c3c(O)c(C=NCC(C)CN=Cc4cc5cc(CCCCCCCC)ccc5c(-c5c(O)c(C=NCC(C)CN=Cc6cc7cc(CCCCCCCC)ccc7c(-c7c(O)ccc8cc(CCCCCCCC)ccc78)c6O)cc6cc(CCCCCCCC)ccc56)c4O)cc4cc(CCCCCCCC)ccc34)c(O)ccc2c1. The third-order valence-electron chi connectivity index (χ3n) is 27.2. The van der Waals surface area contributed by atoms with E-state index < -0.39 is 0 Å². The minimum absolute atomic E-state index is 0.0299. The molecule has 12 rings (SSSR count). The molecule has 0 heterocycles. The van der Waals surface area contributed by atoms with Gasteiger partial charge >= 0.3 is 0 Å². The fraction of sp³-hybridized carbons (Fsp3) is 0.467. The molecule has 0 fully saturated rings. The van der Waals surface area contributed by atoms with Crippen LogP contribution >= 0.6 is 0 Å². The lowest BCUT2D eigenvalue weighted by molar-refractivity contribution is 0.469. The lowest BCUT2D eigenvalue weighted by atomic mass is 9.87. The molecule has 0 aliphatic heterocycles. The topological polar surface area (TPSA) is 171 Å². The number of hydrogen-bond donors (Lipinski definition) is 6. The summed E-state index contributed by atoms with van der Waals surface area (Å²) in [5.74, 6) is 0.387. The fourth-order valence-corrected chi connectivity index (χ4v) is 19.6. The Bertz CT molecular complexity index is 5420. The molecular weight excluding hydrogens is 1590 g/mol. The monoisotopic (exact) mass is 1750 g/mol. The number of aromatic hydroxyl groups is 6. The molecule has 0 aliphatic rings. The van der Waals surface area contributed by atoms with Crippen molar-refractivity contribution in [2.24, 2.45) is 31.8 Å². The Hall–Kier alpha value is -10.3. The van der Waals surface area contributed by atoms with E-state index >= 15 is 0 Å². The van der Waals surface area contributed by atoms with Crippen molar-refractivity contribution in [2.45, 2.75) is 325 Å². The van der Waals surface area contributed by atoms with E-state index in [0.29, 0.717) is 81.8 Å². The molecule has 130 heavy (non-hydrogen) atoms. The van der Waals surface area contributed by atoms with Crippen LogP contribution in [0.25, 0.3) is 98.0 Å². The molecule has 0 radical (unpaired) electrons. The number of aryl methyl sites for hydroxylation is 6. The van der Waals surface area contributed by atoms with Gasteiger partial charge in [-0.1, -0.05) is 369 Å². The standard InChI is InChI=1S/C120H154N4O6/c1-9-15-21-27-33-39-45-87-51-59-103-93(67-87)57-65-109(125)111(103)113-105-61-53-89(47-41-35-29-23-17-11-3)69-95(105)73-99(117(113)127)81-121-77-85(7)79-123-83-101-75-97-71-91(49-43-37-31-25-19-13-5)55-63-107(97)115(119(101)129)116-108-64-56-92(50-44-38-32-26-20-14-6)72-98(108)76-102(120(116)130)84-124-80-86(8)78-122-82-100-74-96-70-90(48-42-36-30-24-18-12-4)54-62-106(96)114(118(100)128)112-104-60-52-88(46-40-34-28-22-16-10-2)68-94(104)58-66-110(112)126/h51-76,81-86,125-130H,9-50,77-80H2,1-8H3. The number of benzene rings is 12. The quantitative estimate of drug-likeness (QED) is 0.0164. The van der Waals surface area contributed by atoms with Crippen molar-refractivity contribution in [1.29, 1.82) is 0 Å². The molecule has 0 saturated heterocycles. The number of unbranched alkanes of at least 4 members (excludes halogenated alkanes) is 30. The predicted molar refractivity (Wildman–Crippen MR) is 561 cm³/mol. The van der Waals surface area contributed by atoms with Crippen molar-refractivity contribution in [1.82, 2.24) is 0 Å². The van der Waals surface area contributed by atoms with Gasteiger partial charge in [0, 0.05) is 107 Å². The van der Waals surface area contributed by atoms with Gasteiger partial charge in [-0.25, -0.2) is 0 Å². The van der Waals surface area contributed by atoms with Crippen LogP contribution in [0.5, 0.6) is 34.5 Å². The highest BCUT2D eigenvalue weighted by atomic mass is 16.3. The van der Waals surface area contributed by atoms with Crippen LogP contribution in [0, 0.1) is 11.8 Å². The maximum atomic E-state index is 13.2. The third kappa shape index (κ3) is 27.4. The number of hydrogen-bond acceptors (Lipinski definition) is 10. The highest BCUT2D eigenvalue weighted by Crippen LogP contribution is 2.51. The molecule has 10 nitrogen and oxygen atoms in total. The molecule has 6 N–H and O–H groups in total. The van der Waals surface area contributed by atoms with E-state index in [4.69, 9.17) is 20.0 Å². The van der Waals surface area contributed by atoms with Crippen molar-refractivity contribution in [3.63, 3.8) is 0 Å². The van der Waals surface area contributed by atoms with Gasteiger partial charge in [0.15, 0.2) is 0 Å². The van der Waals surface area contributed by atoms with Gasteiger partial charge in [0.2, 0.25) is 0 Å². The van der Waals surface area contributed by atoms with Crippen LogP contribution < -0.4 is 0 Å². The van der Waals surface area contributed by atoms with Gasteiger partial charge < -0.3 is 30.6 Å². The smallest absolute Gasteiger partial charge is 0.132 e. The summed E-state index contributed by atoms with van der Waals surface area (Å²) in [6.07, 6.45) is 56.7. The summed E-state index contributed by atoms with van der Waals surface area (Å²) < 4.78 is 0. The molecule has 2 atom stereocenters. The third-order valence-corrected chi connectivity index (χ3v) is 27.2. The first-order valence-corrected chi connectivity index (χ1v) is 51.3. The zero-order valence-electron chi connectivity index (χ0n) is 80.5. The van der Waals surface area contributed by atoms with Crippen LogP contribution in [0.1, 0.15) is 342 Å². The Labute approximate surface area is 779 Å². The van der Waals surface area contributed by atoms with Crippen molar-refractivity contribution >= 4 is 89.5 Å². The van der Waals surface area contributed by atoms with Crippen LogP contribution in [0.4, 0.5) is 0 Å². The molecule has 12 aromatic rings. The van der Waals surface area contributed by atoms with E-state index in [9.17, 15) is 30.6 Å². The average Bonchev–Trinajstić information content (AvgIpc) is 0.740. The summed E-state index contributed by atoms with van der Waals surface area (Å²) in [7, 11) is 0. The Morgan fingerprint density at radius 2 is 0.392 bits per heavy atom. The minimum atomic E-state index is -0.0358. The highest BCUT2D eigenvalue weighted by molar-refractivity contribution is 6.16. The predicted octanol–water partition coefficient (Wildman–Crippen LogP) is 33.6. The summed E-state index contributed by atoms with van der Waals surface area (Å²) in [6.45, 7) is 19.4. The van der Waals surface area contributed by atoms with Crippen LogP contribution in [0.3, 0.4) is 0 Å². The molecule has 0 saturated carbocycles. The average molecular weight is 1750 g/mol. The molecule has 0 aliphatic carbocycles. The zero-order chi connectivity index (χ0) is 91.4. The van der Waals surface area contributed by atoms with Gasteiger partial charge in [0.25, 0.3) is 0 Å². The first kappa shape index (κ1) is 98.7. The van der Waals surface area contributed by atoms with Gasteiger partial charge in [0.05, 0.1) is 0 Å². The second-order valence-corrected chi connectivity index (χ2v) is 38.3. The highest BCUT2D eigenvalue weighted by Gasteiger charge is 2.26. The summed E-state index contributed by atoms with van der Waals surface area (Å²) in [5.41, 5.74) is 13.3. The number of phenolic OH excluding ortho intramolecular Hbond substituents is 6. The van der Waals surface area contributed by atoms with Crippen molar-refractivity contribution < 1.29 is 30.6 Å². The summed E-state index contributed by atoms with van der Waals surface area (Å²) in [6, 6.07) is 55.3. The second kappa shape index (κ2) is 52.1. The lowest BCUT2D eigenvalue weighted by Gasteiger charge is -2.18. The van der Waals surface area contributed by atoms with Gasteiger partial charge in [-0.05, 0) is 223 Å². The summed E-state index contributed by atoms with van der Waals surface area (Å²) in [5, 5.41) is 86.8. The lowest BCUT2D eigenvalue weighted by Crippen LogP contribution is -2.05. The molecule has 0 spiro atoms. The number of fused-ring (bicyclic) bond motifs is 6. The van der Waals surface area contributed by atoms with Gasteiger partial charge in [-0.15, -0.1) is 0 Å². The van der Waals surface area contributed by atoms with Crippen LogP contribution in [-0.2, 0) is 38.5 Å². The first-order valence-electron chi connectivity index (χ1n) is 51.3. The maximum absolute atomic E-state index is 13.2. The molecule has 0 bridgehead atoms. The fourth-order valence-electron chi connectivity index (χ4n) is 19.6. The largest absolute Gasteiger partial charge is 0.507 e. The first-order chi connectivity index (χ1) is 63.6. The zero-order valence-corrected chi connectivity index (χ0v) is 80.5. The summed E-state index contributed by atoms with van der Waals surface area (Å²) in [4.78, 5) is 20.3. The molecule has 12 aromatic carbocycles. The van der Waals surface area contributed by atoms with Gasteiger partial charge in [-0.3, -0.25) is 20.0 Å². The Kier molecular flexibility index (Phi) is 39.5. The van der Waals surface area contributed by atoms with Crippen molar-refractivity contribution in [3.8, 4) is 67.9 Å². The maximum Gasteiger partial charge on any atom is 0.132 e. The number of rotatable bonds is 57. The van der Waals surface area contributed by atoms with Gasteiger partial charge in [0.1, 0.15) is 34.5 Å². The normalized spacial score (nSPS) is 12.6. The van der Waals surface area contributed by atoms with Crippen LogP contribution in [0.2, 0.25) is 0 Å². The second-order valence-electron chi connectivity index (χ2n) is 38.3. The molecule has 0 aromatic heterocycles. The number of aliphatic imine (C=N–C) groups is 4. The van der Waals surface area contributed by atoms with E-state index in [-0.39, 0.29) is 46.3 Å². The van der Waals surface area contributed by atoms with E-state index in [0.717, 1.165) is 155 Å². The number of nitrogens with zero attached hydrogens (tertiary/aromatic N) is 4. The molecule has 2 unspecified atom stereocenters.